The van der Waals surface area contributed by atoms with E-state index in [1.54, 1.807) is 0 Å². The van der Waals surface area contributed by atoms with Crippen LogP contribution in [0.2, 0.25) is 0 Å². The molecule has 1 aliphatic carbocycles. The molecule has 96 valence electrons. The van der Waals surface area contributed by atoms with Crippen molar-refractivity contribution in [1.29, 1.82) is 0 Å². The van der Waals surface area contributed by atoms with E-state index in [0.29, 0.717) is 0 Å². The standard InChI is InChI=1S/C14H30N2/c1-4-11-15-13-7-9-14(10-8-13)16(6-3)12-5-2/h13-15H,4-12H2,1-3H3. The van der Waals surface area contributed by atoms with Crippen molar-refractivity contribution in [2.45, 2.75) is 71.4 Å². The maximum absolute atomic E-state index is 3.66. The van der Waals surface area contributed by atoms with E-state index in [0.717, 1.165) is 12.1 Å². The van der Waals surface area contributed by atoms with Gasteiger partial charge in [-0.2, -0.15) is 0 Å². The maximum Gasteiger partial charge on any atom is 0.00962 e. The zero-order valence-corrected chi connectivity index (χ0v) is 11.5. The second-order valence-electron chi connectivity index (χ2n) is 5.09. The Morgan fingerprint density at radius 1 is 1.00 bits per heavy atom. The van der Waals surface area contributed by atoms with Crippen LogP contribution in [0.25, 0.3) is 0 Å². The van der Waals surface area contributed by atoms with Crippen molar-refractivity contribution in [3.63, 3.8) is 0 Å². The summed E-state index contributed by atoms with van der Waals surface area (Å²) < 4.78 is 0. The van der Waals surface area contributed by atoms with Crippen molar-refractivity contribution in [3.8, 4) is 0 Å². The second-order valence-corrected chi connectivity index (χ2v) is 5.09. The highest BCUT2D eigenvalue weighted by Crippen LogP contribution is 2.23. The van der Waals surface area contributed by atoms with Crippen LogP contribution in [0.15, 0.2) is 0 Å². The van der Waals surface area contributed by atoms with Crippen LogP contribution in [0.3, 0.4) is 0 Å². The summed E-state index contributed by atoms with van der Waals surface area (Å²) in [6, 6.07) is 1.67. The van der Waals surface area contributed by atoms with Gasteiger partial charge < -0.3 is 10.2 Å². The molecule has 2 nitrogen and oxygen atoms in total. The molecule has 1 aliphatic rings. The van der Waals surface area contributed by atoms with Crippen LogP contribution in [0.1, 0.15) is 59.3 Å². The van der Waals surface area contributed by atoms with Gasteiger partial charge in [0.15, 0.2) is 0 Å². The molecule has 0 spiro atoms. The summed E-state index contributed by atoms with van der Waals surface area (Å²) in [6.07, 6.45) is 8.11. The number of nitrogens with zero attached hydrogens (tertiary/aromatic N) is 1. The van der Waals surface area contributed by atoms with Gasteiger partial charge in [-0.25, -0.2) is 0 Å². The van der Waals surface area contributed by atoms with Gasteiger partial charge in [-0.1, -0.05) is 20.8 Å². The first-order valence-corrected chi connectivity index (χ1v) is 7.29. The van der Waals surface area contributed by atoms with Crippen molar-refractivity contribution in [1.82, 2.24) is 10.2 Å². The molecule has 0 heterocycles. The number of nitrogens with one attached hydrogen (secondary N) is 1. The van der Waals surface area contributed by atoms with E-state index in [1.165, 1.54) is 58.2 Å². The van der Waals surface area contributed by atoms with Crippen LogP contribution in [-0.2, 0) is 0 Å². The lowest BCUT2D eigenvalue weighted by molar-refractivity contribution is 0.150. The van der Waals surface area contributed by atoms with Crippen molar-refractivity contribution in [3.05, 3.63) is 0 Å². The summed E-state index contributed by atoms with van der Waals surface area (Å²) in [5.41, 5.74) is 0. The quantitative estimate of drug-likeness (QED) is 0.718. The molecular formula is C14H30N2. The monoisotopic (exact) mass is 226 g/mol. The molecule has 0 saturated heterocycles. The van der Waals surface area contributed by atoms with Gasteiger partial charge >= 0.3 is 0 Å². The molecule has 0 bridgehead atoms. The first kappa shape index (κ1) is 14.0. The molecule has 0 aromatic rings. The SMILES string of the molecule is CCCNC1CCC(N(CC)CCC)CC1. The number of hydrogen-bond donors (Lipinski definition) is 1. The van der Waals surface area contributed by atoms with Crippen LogP contribution in [-0.4, -0.2) is 36.6 Å². The van der Waals surface area contributed by atoms with Crippen LogP contribution in [0.4, 0.5) is 0 Å². The van der Waals surface area contributed by atoms with Crippen LogP contribution in [0.5, 0.6) is 0 Å². The smallest absolute Gasteiger partial charge is 0.00962 e. The molecule has 1 N–H and O–H groups in total. The second kappa shape index (κ2) is 8.08. The molecule has 0 unspecified atom stereocenters. The van der Waals surface area contributed by atoms with Crippen molar-refractivity contribution < 1.29 is 0 Å². The third-order valence-electron chi connectivity index (χ3n) is 3.81. The predicted octanol–water partition coefficient (Wildman–Crippen LogP) is 3.03. The van der Waals surface area contributed by atoms with E-state index >= 15 is 0 Å². The van der Waals surface area contributed by atoms with Gasteiger partial charge in [-0.15, -0.1) is 0 Å². The molecule has 2 heteroatoms. The Bertz CT molecular complexity index is 162. The molecule has 0 atom stereocenters. The lowest BCUT2D eigenvalue weighted by atomic mass is 9.90. The van der Waals surface area contributed by atoms with Crippen LogP contribution in [0, 0.1) is 0 Å². The van der Waals surface area contributed by atoms with Gasteiger partial charge in [-0.05, 0) is 58.2 Å². The third-order valence-corrected chi connectivity index (χ3v) is 3.81. The average Bonchev–Trinajstić information content (AvgIpc) is 2.34. The highest BCUT2D eigenvalue weighted by molar-refractivity contribution is 4.82. The molecule has 0 radical (unpaired) electrons. The molecule has 16 heavy (non-hydrogen) atoms. The van der Waals surface area contributed by atoms with Gasteiger partial charge in [0.25, 0.3) is 0 Å². The van der Waals surface area contributed by atoms with Crippen molar-refractivity contribution in [2.24, 2.45) is 0 Å². The molecule has 1 fully saturated rings. The number of rotatable bonds is 7. The summed E-state index contributed by atoms with van der Waals surface area (Å²) in [7, 11) is 0. The molecule has 0 aliphatic heterocycles. The minimum absolute atomic E-state index is 0.802. The lowest BCUT2D eigenvalue weighted by Crippen LogP contribution is -2.42. The largest absolute Gasteiger partial charge is 0.314 e. The van der Waals surface area contributed by atoms with E-state index in [2.05, 4.69) is 31.0 Å². The third kappa shape index (κ3) is 4.42. The Morgan fingerprint density at radius 3 is 2.19 bits per heavy atom. The molecule has 1 rings (SSSR count). The van der Waals surface area contributed by atoms with E-state index in [9.17, 15) is 0 Å². The summed E-state index contributed by atoms with van der Waals surface area (Å²) >= 11 is 0. The summed E-state index contributed by atoms with van der Waals surface area (Å²) in [4.78, 5) is 2.68. The maximum atomic E-state index is 3.66. The van der Waals surface area contributed by atoms with E-state index in [-0.39, 0.29) is 0 Å². The molecule has 0 aromatic carbocycles. The fourth-order valence-electron chi connectivity index (χ4n) is 2.88. The molecule has 1 saturated carbocycles. The predicted molar refractivity (Wildman–Crippen MR) is 71.9 cm³/mol. The van der Waals surface area contributed by atoms with E-state index in [1.807, 2.05) is 0 Å². The van der Waals surface area contributed by atoms with Crippen molar-refractivity contribution >= 4 is 0 Å². The number of hydrogen-bond acceptors (Lipinski definition) is 2. The van der Waals surface area contributed by atoms with Crippen LogP contribution >= 0.6 is 0 Å². The Hall–Kier alpha value is -0.0800. The first-order chi connectivity index (χ1) is 7.81. The Labute approximate surface area is 102 Å². The highest BCUT2D eigenvalue weighted by Gasteiger charge is 2.23. The van der Waals surface area contributed by atoms with Crippen molar-refractivity contribution in [2.75, 3.05) is 19.6 Å². The Balaban J connectivity index is 2.24. The zero-order chi connectivity index (χ0) is 11.8. The highest BCUT2D eigenvalue weighted by atomic mass is 15.1. The van der Waals surface area contributed by atoms with E-state index in [4.69, 9.17) is 0 Å². The Kier molecular flexibility index (Phi) is 7.06. The Morgan fingerprint density at radius 2 is 1.69 bits per heavy atom. The van der Waals surface area contributed by atoms with E-state index < -0.39 is 0 Å². The molecule has 0 aromatic heterocycles. The minimum Gasteiger partial charge on any atom is -0.314 e. The topological polar surface area (TPSA) is 15.3 Å². The molecular weight excluding hydrogens is 196 g/mol. The van der Waals surface area contributed by atoms with Crippen LogP contribution < -0.4 is 5.32 Å². The normalized spacial score (nSPS) is 26.2. The fourth-order valence-corrected chi connectivity index (χ4v) is 2.88. The van der Waals surface area contributed by atoms with Gasteiger partial charge in [0, 0.05) is 12.1 Å². The zero-order valence-electron chi connectivity index (χ0n) is 11.5. The van der Waals surface area contributed by atoms with Gasteiger partial charge in [0.05, 0.1) is 0 Å². The minimum atomic E-state index is 0.802. The summed E-state index contributed by atoms with van der Waals surface area (Å²) in [5.74, 6) is 0. The summed E-state index contributed by atoms with van der Waals surface area (Å²) in [6.45, 7) is 10.6. The van der Waals surface area contributed by atoms with Gasteiger partial charge in [0.2, 0.25) is 0 Å². The van der Waals surface area contributed by atoms with Gasteiger partial charge in [-0.3, -0.25) is 0 Å². The molecule has 0 amide bonds. The first-order valence-electron chi connectivity index (χ1n) is 7.29. The fraction of sp³-hybridized carbons (Fsp3) is 1.00. The average molecular weight is 226 g/mol. The summed E-state index contributed by atoms with van der Waals surface area (Å²) in [5, 5.41) is 3.66. The lowest BCUT2D eigenvalue weighted by Gasteiger charge is -2.36. The van der Waals surface area contributed by atoms with Gasteiger partial charge in [0.1, 0.15) is 0 Å².